The number of halogens is 2. The molecule has 1 amide bonds. The minimum absolute atomic E-state index is 0.105. The van der Waals surface area contributed by atoms with Crippen LogP contribution in [0, 0.1) is 5.82 Å². The van der Waals surface area contributed by atoms with Crippen LogP contribution in [0.2, 0.25) is 5.02 Å². The van der Waals surface area contributed by atoms with Gasteiger partial charge in [-0.15, -0.1) is 4.40 Å². The minimum Gasteiger partial charge on any atom is -0.465 e. The first kappa shape index (κ1) is 21.6. The second-order valence-corrected chi connectivity index (χ2v) is 9.35. The molecule has 166 valence electrons. The van der Waals surface area contributed by atoms with Gasteiger partial charge in [-0.05, 0) is 43.0 Å². The summed E-state index contributed by atoms with van der Waals surface area (Å²) in [5, 5.41) is 9.56. The molecule has 31 heavy (non-hydrogen) atoms. The molecule has 12 heteroatoms. The van der Waals surface area contributed by atoms with E-state index in [-0.39, 0.29) is 53.1 Å². The number of anilines is 1. The van der Waals surface area contributed by atoms with Crippen molar-refractivity contribution < 1.29 is 23.4 Å². The third-order valence-electron chi connectivity index (χ3n) is 5.30. The molecule has 0 saturated carbocycles. The zero-order valence-corrected chi connectivity index (χ0v) is 18.2. The second-order valence-electron chi connectivity index (χ2n) is 7.52. The highest BCUT2D eigenvalue weighted by Crippen LogP contribution is 2.47. The molecule has 1 saturated heterocycles. The van der Waals surface area contributed by atoms with Gasteiger partial charge in [0.15, 0.2) is 11.7 Å². The fraction of sp³-hybridized carbons (Fsp3) is 0.316. The summed E-state index contributed by atoms with van der Waals surface area (Å²) in [4.78, 5) is 19.0. The van der Waals surface area contributed by atoms with E-state index in [1.54, 1.807) is 30.0 Å². The molecule has 1 aromatic carbocycles. The molecule has 1 fully saturated rings. The van der Waals surface area contributed by atoms with Crippen molar-refractivity contribution in [2.75, 3.05) is 17.8 Å². The highest BCUT2D eigenvalue weighted by atomic mass is 35.5. The maximum Gasteiger partial charge on any atom is 0.407 e. The van der Waals surface area contributed by atoms with Gasteiger partial charge in [0.2, 0.25) is 0 Å². The Bertz CT molecular complexity index is 1090. The minimum atomic E-state index is -3.62. The monoisotopic (exact) mass is 469 g/mol. The van der Waals surface area contributed by atoms with Crippen LogP contribution in [0.5, 0.6) is 0 Å². The number of carbonyl (C=O) groups is 1. The standard InChI is InChI=1S/C19H21ClFN5O4S/c1-10-9-26(19(27)28)11(2)8-25(10)18-13-7-14(20)16(12-5-3-4-6-15(12)21)22-17(13)23-31(29,30)24-18/h3-7,10-11,29-30H,8-9H2,1-2H3,(H,22,23)(H,27,28)/t10-,11+/m0/s1. The summed E-state index contributed by atoms with van der Waals surface area (Å²) in [5.74, 6) is -0.166. The molecule has 4 N–H and O–H groups in total. The van der Waals surface area contributed by atoms with E-state index in [4.69, 9.17) is 11.6 Å². The van der Waals surface area contributed by atoms with Crippen molar-refractivity contribution in [1.29, 1.82) is 0 Å². The molecular formula is C19H21ClFN5O4S. The molecular weight excluding hydrogens is 449 g/mol. The number of aromatic nitrogens is 1. The van der Waals surface area contributed by atoms with Crippen molar-refractivity contribution in [2.24, 2.45) is 4.40 Å². The molecule has 0 aliphatic carbocycles. The average molecular weight is 470 g/mol. The van der Waals surface area contributed by atoms with Crippen molar-refractivity contribution in [3.05, 3.63) is 46.7 Å². The molecule has 2 aromatic rings. The Morgan fingerprint density at radius 1 is 1.23 bits per heavy atom. The van der Waals surface area contributed by atoms with Crippen LogP contribution in [0.3, 0.4) is 0 Å². The fourth-order valence-electron chi connectivity index (χ4n) is 3.80. The fourth-order valence-corrected chi connectivity index (χ4v) is 4.96. The molecule has 0 radical (unpaired) electrons. The number of carboxylic acid groups (broad SMARTS) is 1. The number of pyridine rings is 1. The van der Waals surface area contributed by atoms with E-state index in [1.165, 1.54) is 17.0 Å². The van der Waals surface area contributed by atoms with E-state index in [0.717, 1.165) is 0 Å². The van der Waals surface area contributed by atoms with Crippen molar-refractivity contribution in [2.45, 2.75) is 25.9 Å². The van der Waals surface area contributed by atoms with Gasteiger partial charge in [0.1, 0.15) is 5.82 Å². The van der Waals surface area contributed by atoms with Crippen molar-refractivity contribution >= 4 is 40.3 Å². The number of fused-ring (bicyclic) bond motifs is 1. The van der Waals surface area contributed by atoms with E-state index in [9.17, 15) is 23.4 Å². The molecule has 0 unspecified atom stereocenters. The smallest absolute Gasteiger partial charge is 0.407 e. The highest BCUT2D eigenvalue weighted by Gasteiger charge is 2.38. The van der Waals surface area contributed by atoms with Crippen LogP contribution in [0.15, 0.2) is 34.7 Å². The molecule has 0 bridgehead atoms. The van der Waals surface area contributed by atoms with Crippen LogP contribution in [0.1, 0.15) is 19.4 Å². The van der Waals surface area contributed by atoms with Gasteiger partial charge in [-0.25, -0.2) is 18.9 Å². The van der Waals surface area contributed by atoms with Crippen LogP contribution in [-0.4, -0.2) is 66.1 Å². The van der Waals surface area contributed by atoms with Gasteiger partial charge in [-0.3, -0.25) is 9.11 Å². The SMILES string of the molecule is C[C@@H]1CN(C2=NS(O)(O)Nc3nc(-c4ccccc4F)c(Cl)cc32)[C@@H](C)CN1C(=O)O. The predicted molar refractivity (Wildman–Crippen MR) is 118 cm³/mol. The largest absolute Gasteiger partial charge is 0.465 e. The van der Waals surface area contributed by atoms with Gasteiger partial charge in [0, 0.05) is 30.7 Å². The topological polar surface area (TPSA) is 122 Å². The third kappa shape index (κ3) is 4.01. The summed E-state index contributed by atoms with van der Waals surface area (Å²) in [5.41, 5.74) is 0.744. The van der Waals surface area contributed by atoms with Crippen LogP contribution >= 0.6 is 22.6 Å². The maximum absolute atomic E-state index is 14.3. The summed E-state index contributed by atoms with van der Waals surface area (Å²) < 4.78 is 41.6. The van der Waals surface area contributed by atoms with Gasteiger partial charge >= 0.3 is 6.09 Å². The number of hydrogen-bond donors (Lipinski definition) is 4. The number of rotatable bonds is 1. The molecule has 1 aromatic heterocycles. The summed E-state index contributed by atoms with van der Waals surface area (Å²) in [6.07, 6.45) is -1.02. The first-order valence-corrected chi connectivity index (χ1v) is 11.3. The number of nitrogens with one attached hydrogen (secondary N) is 1. The Morgan fingerprint density at radius 3 is 2.61 bits per heavy atom. The van der Waals surface area contributed by atoms with Gasteiger partial charge in [-0.2, -0.15) is 0 Å². The molecule has 4 rings (SSSR count). The molecule has 2 aliphatic heterocycles. The lowest BCUT2D eigenvalue weighted by Crippen LogP contribution is -2.59. The molecule has 9 nitrogen and oxygen atoms in total. The Labute approximate surface area is 184 Å². The lowest BCUT2D eigenvalue weighted by molar-refractivity contribution is 0.0751. The van der Waals surface area contributed by atoms with Crippen LogP contribution in [0.4, 0.5) is 15.0 Å². The number of benzene rings is 1. The zero-order valence-electron chi connectivity index (χ0n) is 16.7. The summed E-state index contributed by atoms with van der Waals surface area (Å²) in [6, 6.07) is 6.91. The molecule has 2 atom stereocenters. The summed E-state index contributed by atoms with van der Waals surface area (Å²) in [6.45, 7) is 4.08. The van der Waals surface area contributed by atoms with Gasteiger partial charge < -0.3 is 14.9 Å². The Morgan fingerprint density at radius 2 is 1.94 bits per heavy atom. The third-order valence-corrected chi connectivity index (χ3v) is 6.48. The number of piperazine rings is 1. The van der Waals surface area contributed by atoms with E-state index < -0.39 is 22.9 Å². The van der Waals surface area contributed by atoms with E-state index in [0.29, 0.717) is 5.56 Å². The lowest BCUT2D eigenvalue weighted by Gasteiger charge is -2.46. The zero-order chi connectivity index (χ0) is 22.5. The first-order chi connectivity index (χ1) is 14.6. The van der Waals surface area contributed by atoms with Crippen LogP contribution < -0.4 is 4.72 Å². The van der Waals surface area contributed by atoms with E-state index in [2.05, 4.69) is 14.1 Å². The quantitative estimate of drug-likeness (QED) is 0.489. The summed E-state index contributed by atoms with van der Waals surface area (Å²) >= 11 is 6.44. The Kier molecular flexibility index (Phi) is 5.46. The van der Waals surface area contributed by atoms with Gasteiger partial charge in [0.05, 0.1) is 16.3 Å². The molecule has 3 heterocycles. The van der Waals surface area contributed by atoms with Crippen molar-refractivity contribution in [3.8, 4) is 11.3 Å². The Balaban J connectivity index is 1.78. The van der Waals surface area contributed by atoms with Crippen LogP contribution in [0.25, 0.3) is 11.3 Å². The van der Waals surface area contributed by atoms with Gasteiger partial charge in [0.25, 0.3) is 0 Å². The molecule has 0 spiro atoms. The maximum atomic E-state index is 14.3. The number of nitrogens with zero attached hydrogens (tertiary/aromatic N) is 4. The normalized spacial score (nSPS) is 23.5. The first-order valence-electron chi connectivity index (χ1n) is 9.45. The number of amidine groups is 1. The average Bonchev–Trinajstić information content (AvgIpc) is 2.69. The highest BCUT2D eigenvalue weighted by molar-refractivity contribution is 8.24. The molecule has 2 aliphatic rings. The second kappa shape index (κ2) is 7.83. The van der Waals surface area contributed by atoms with E-state index >= 15 is 0 Å². The van der Waals surface area contributed by atoms with Crippen LogP contribution in [-0.2, 0) is 0 Å². The van der Waals surface area contributed by atoms with Gasteiger partial charge in [-0.1, -0.05) is 23.7 Å². The van der Waals surface area contributed by atoms with Crippen molar-refractivity contribution in [3.63, 3.8) is 0 Å². The predicted octanol–water partition coefficient (Wildman–Crippen LogP) is 4.37. The Hall–Kier alpha value is -2.60. The van der Waals surface area contributed by atoms with Crippen molar-refractivity contribution in [1.82, 2.24) is 14.8 Å². The van der Waals surface area contributed by atoms with E-state index in [1.807, 2.05) is 6.92 Å². The summed E-state index contributed by atoms with van der Waals surface area (Å²) in [7, 11) is -3.62. The lowest BCUT2D eigenvalue weighted by atomic mass is 10.1. The number of amides is 1. The number of hydrogen-bond acceptors (Lipinski definition) is 7.